The van der Waals surface area contributed by atoms with E-state index in [0.29, 0.717) is 17.8 Å². The first-order chi connectivity index (χ1) is 17.9. The first-order valence-corrected chi connectivity index (χ1v) is 11.6. The molecule has 0 amide bonds. The Labute approximate surface area is 212 Å². The number of pyridine rings is 2. The summed E-state index contributed by atoms with van der Waals surface area (Å²) < 4.78 is 60.5. The third-order valence-corrected chi connectivity index (χ3v) is 5.84. The average molecular weight is 512 g/mol. The van der Waals surface area contributed by atoms with Crippen LogP contribution in [-0.4, -0.2) is 23.2 Å². The number of rotatable bonds is 11. The van der Waals surface area contributed by atoms with Gasteiger partial charge >= 0.3 is 13.2 Å². The van der Waals surface area contributed by atoms with E-state index in [4.69, 9.17) is 0 Å². The minimum absolute atomic E-state index is 0.0311. The Balaban J connectivity index is 1.64. The van der Waals surface area contributed by atoms with E-state index in [-0.39, 0.29) is 12.0 Å². The number of halogens is 4. The second kappa shape index (κ2) is 12.2. The van der Waals surface area contributed by atoms with Crippen LogP contribution >= 0.6 is 0 Å². The quantitative estimate of drug-likeness (QED) is 0.215. The van der Waals surface area contributed by atoms with Crippen molar-refractivity contribution in [2.45, 2.75) is 38.5 Å². The van der Waals surface area contributed by atoms with Crippen molar-refractivity contribution in [3.8, 4) is 11.5 Å². The lowest BCUT2D eigenvalue weighted by molar-refractivity contribution is -0.0692. The van der Waals surface area contributed by atoms with Gasteiger partial charge in [0.2, 0.25) is 0 Å². The third kappa shape index (κ3) is 7.19. The van der Waals surface area contributed by atoms with Crippen molar-refractivity contribution in [1.29, 1.82) is 0 Å². The number of hydrogen-bond acceptors (Lipinski definition) is 5. The van der Waals surface area contributed by atoms with Crippen molar-refractivity contribution in [3.63, 3.8) is 0 Å². The number of nitrogens with zero attached hydrogens (tertiary/aromatic N) is 2. The van der Waals surface area contributed by atoms with Crippen molar-refractivity contribution in [2.75, 3.05) is 5.32 Å². The molecule has 0 spiro atoms. The number of aromatic nitrogens is 2. The van der Waals surface area contributed by atoms with Crippen LogP contribution in [0.25, 0.3) is 0 Å². The average Bonchev–Trinajstić information content (AvgIpc) is 2.89. The molecule has 1 unspecified atom stereocenters. The SMILES string of the molecule is C[C@H](Nc1ccc(C(Cc2ccncc2)c2ccc(OC(F)F)c(OC(F)F)c2)cn1)c1ccccc1. The van der Waals surface area contributed by atoms with Crippen molar-refractivity contribution in [2.24, 2.45) is 0 Å². The van der Waals surface area contributed by atoms with Crippen LogP contribution in [0.3, 0.4) is 0 Å². The molecule has 37 heavy (non-hydrogen) atoms. The van der Waals surface area contributed by atoms with Crippen LogP contribution < -0.4 is 14.8 Å². The molecular weight excluding hydrogens is 486 g/mol. The molecule has 0 aliphatic heterocycles. The van der Waals surface area contributed by atoms with E-state index in [1.807, 2.05) is 61.5 Å². The summed E-state index contributed by atoms with van der Waals surface area (Å²) in [5, 5.41) is 3.36. The molecule has 0 fully saturated rings. The van der Waals surface area contributed by atoms with Gasteiger partial charge in [-0.15, -0.1) is 0 Å². The highest BCUT2D eigenvalue weighted by atomic mass is 19.3. The summed E-state index contributed by atoms with van der Waals surface area (Å²) in [6.07, 6.45) is 5.52. The second-order valence-corrected chi connectivity index (χ2v) is 8.33. The van der Waals surface area contributed by atoms with E-state index >= 15 is 0 Å². The van der Waals surface area contributed by atoms with Gasteiger partial charge < -0.3 is 14.8 Å². The van der Waals surface area contributed by atoms with Gasteiger partial charge in [0.25, 0.3) is 0 Å². The molecular formula is C28H25F4N3O2. The number of alkyl halides is 4. The van der Waals surface area contributed by atoms with Crippen molar-refractivity contribution in [1.82, 2.24) is 9.97 Å². The number of anilines is 1. The number of nitrogens with one attached hydrogen (secondary N) is 1. The molecule has 0 aliphatic rings. The highest BCUT2D eigenvalue weighted by Crippen LogP contribution is 2.37. The third-order valence-electron chi connectivity index (χ3n) is 5.84. The highest BCUT2D eigenvalue weighted by molar-refractivity contribution is 5.48. The van der Waals surface area contributed by atoms with E-state index in [1.54, 1.807) is 24.7 Å². The lowest BCUT2D eigenvalue weighted by Gasteiger charge is -2.21. The number of ether oxygens (including phenoxy) is 2. The van der Waals surface area contributed by atoms with E-state index in [0.717, 1.165) is 16.7 Å². The molecule has 192 valence electrons. The highest BCUT2D eigenvalue weighted by Gasteiger charge is 2.21. The predicted molar refractivity (Wildman–Crippen MR) is 132 cm³/mol. The molecule has 0 radical (unpaired) electrons. The van der Waals surface area contributed by atoms with Gasteiger partial charge in [-0.2, -0.15) is 17.6 Å². The summed E-state index contributed by atoms with van der Waals surface area (Å²) in [5.41, 5.74) is 3.44. The van der Waals surface area contributed by atoms with Gasteiger partial charge in [0.15, 0.2) is 11.5 Å². The Kier molecular flexibility index (Phi) is 8.56. The fraction of sp³-hybridized carbons (Fsp3) is 0.214. The molecule has 0 aliphatic carbocycles. The Morgan fingerprint density at radius 2 is 1.43 bits per heavy atom. The van der Waals surface area contributed by atoms with Crippen LogP contribution in [0, 0.1) is 0 Å². The van der Waals surface area contributed by atoms with Gasteiger partial charge in [-0.3, -0.25) is 4.98 Å². The lowest BCUT2D eigenvalue weighted by atomic mass is 9.87. The van der Waals surface area contributed by atoms with Crippen LogP contribution in [-0.2, 0) is 6.42 Å². The zero-order chi connectivity index (χ0) is 26.2. The molecule has 9 heteroatoms. The van der Waals surface area contributed by atoms with Crippen molar-refractivity contribution >= 4 is 5.82 Å². The standard InChI is InChI=1S/C28H25F4N3O2/c1-18(20-5-3-2-4-6-20)35-26-10-8-22(17-34-26)23(15-19-11-13-33-14-12-19)21-7-9-24(36-27(29)30)25(16-21)37-28(31)32/h2-14,16-18,23,27-28H,15H2,1H3,(H,34,35)/t18-,23?/m0/s1. The Hall–Kier alpha value is -4.14. The second-order valence-electron chi connectivity index (χ2n) is 8.33. The lowest BCUT2D eigenvalue weighted by Crippen LogP contribution is -2.11. The number of hydrogen-bond donors (Lipinski definition) is 1. The Morgan fingerprint density at radius 1 is 0.757 bits per heavy atom. The van der Waals surface area contributed by atoms with Crippen LogP contribution in [0.15, 0.2) is 91.4 Å². The normalized spacial score (nSPS) is 12.8. The van der Waals surface area contributed by atoms with E-state index in [9.17, 15) is 17.6 Å². The summed E-state index contributed by atoms with van der Waals surface area (Å²) in [7, 11) is 0. The molecule has 0 saturated heterocycles. The zero-order valence-corrected chi connectivity index (χ0v) is 19.9. The zero-order valence-electron chi connectivity index (χ0n) is 19.9. The van der Waals surface area contributed by atoms with E-state index in [2.05, 4.69) is 24.8 Å². The summed E-state index contributed by atoms with van der Waals surface area (Å²) in [5.74, 6) is -0.592. The first-order valence-electron chi connectivity index (χ1n) is 11.6. The van der Waals surface area contributed by atoms with Gasteiger partial charge in [-0.05, 0) is 65.9 Å². The smallest absolute Gasteiger partial charge is 0.387 e. The van der Waals surface area contributed by atoms with Gasteiger partial charge in [-0.25, -0.2) is 4.98 Å². The van der Waals surface area contributed by atoms with Crippen LogP contribution in [0.4, 0.5) is 23.4 Å². The monoisotopic (exact) mass is 511 g/mol. The molecule has 4 aromatic rings. The van der Waals surface area contributed by atoms with E-state index < -0.39 is 24.7 Å². The maximum atomic E-state index is 13.0. The van der Waals surface area contributed by atoms with E-state index in [1.165, 1.54) is 12.1 Å². The molecule has 0 bridgehead atoms. The molecule has 1 N–H and O–H groups in total. The summed E-state index contributed by atoms with van der Waals surface area (Å²) in [6, 6.07) is 21.5. The molecule has 5 nitrogen and oxygen atoms in total. The molecule has 4 rings (SSSR count). The fourth-order valence-electron chi connectivity index (χ4n) is 4.05. The van der Waals surface area contributed by atoms with Crippen LogP contribution in [0.5, 0.6) is 11.5 Å². The minimum atomic E-state index is -3.20. The summed E-state index contributed by atoms with van der Waals surface area (Å²) in [6.45, 7) is -4.35. The Bertz CT molecular complexity index is 1260. The van der Waals surface area contributed by atoms with Crippen molar-refractivity contribution in [3.05, 3.63) is 114 Å². The molecule has 2 atom stereocenters. The molecule has 2 aromatic heterocycles. The van der Waals surface area contributed by atoms with Crippen LogP contribution in [0.2, 0.25) is 0 Å². The topological polar surface area (TPSA) is 56.3 Å². The first kappa shape index (κ1) is 25.9. The fourth-order valence-corrected chi connectivity index (χ4v) is 4.05. The van der Waals surface area contributed by atoms with Crippen LogP contribution in [0.1, 0.15) is 41.1 Å². The van der Waals surface area contributed by atoms with Gasteiger partial charge in [0.05, 0.1) is 0 Å². The molecule has 2 heterocycles. The van der Waals surface area contributed by atoms with Gasteiger partial charge in [-0.1, -0.05) is 42.5 Å². The van der Waals surface area contributed by atoms with Gasteiger partial charge in [0.1, 0.15) is 5.82 Å². The van der Waals surface area contributed by atoms with Gasteiger partial charge in [0, 0.05) is 30.6 Å². The molecule has 2 aromatic carbocycles. The number of benzene rings is 2. The minimum Gasteiger partial charge on any atom is -0.431 e. The van der Waals surface area contributed by atoms with Crippen molar-refractivity contribution < 1.29 is 27.0 Å². The summed E-state index contributed by atoms with van der Waals surface area (Å²) in [4.78, 5) is 8.60. The molecule has 0 saturated carbocycles. The predicted octanol–water partition coefficient (Wildman–Crippen LogP) is 7.23. The largest absolute Gasteiger partial charge is 0.431 e. The Morgan fingerprint density at radius 3 is 2.08 bits per heavy atom. The maximum Gasteiger partial charge on any atom is 0.387 e. The summed E-state index contributed by atoms with van der Waals surface area (Å²) >= 11 is 0. The maximum absolute atomic E-state index is 13.0.